The topological polar surface area (TPSA) is 57.7 Å². The Morgan fingerprint density at radius 2 is 1.51 bits per heavy atom. The zero-order chi connectivity index (χ0) is 35.5. The molecule has 5 nitrogen and oxygen atoms in total. The first-order chi connectivity index (χ1) is 24.4. The molecule has 2 aromatic carbocycles. The number of anilines is 1. The summed E-state index contributed by atoms with van der Waals surface area (Å²) in [6, 6.07) is 23.2. The molecule has 1 aliphatic heterocycles. The molecule has 51 heavy (non-hydrogen) atoms. The van der Waals surface area contributed by atoms with E-state index in [0.717, 1.165) is 58.9 Å². The fourth-order valence-electron chi connectivity index (χ4n) is 7.83. The zero-order valence-electron chi connectivity index (χ0n) is 31.0. The van der Waals surface area contributed by atoms with E-state index < -0.39 is 0 Å². The average Bonchev–Trinajstić information content (AvgIpc) is 3.71. The van der Waals surface area contributed by atoms with Crippen LogP contribution in [0.4, 0.5) is 5.82 Å². The second kappa shape index (κ2) is 12.3. The van der Waals surface area contributed by atoms with Crippen LogP contribution in [0.3, 0.4) is 0 Å². The van der Waals surface area contributed by atoms with Gasteiger partial charge in [0.25, 0.3) is 0 Å². The second-order valence-corrected chi connectivity index (χ2v) is 16.8. The van der Waals surface area contributed by atoms with E-state index in [0.29, 0.717) is 11.6 Å². The van der Waals surface area contributed by atoms with Crippen LogP contribution in [-0.4, -0.2) is 26.0 Å². The SMILES string of the molecule is CC(C)(C)C1=CC2C3=C(C=CC(C)(C(C)(C)C)C3)N(c3[nH]c(-c4ccccc4)cc3-c3nc(C4=CC=CCC4)nc(-c4ccccc4)n3)C2C=C1. The van der Waals surface area contributed by atoms with Gasteiger partial charge in [0.1, 0.15) is 5.82 Å². The molecule has 2 aromatic heterocycles. The van der Waals surface area contributed by atoms with Crippen LogP contribution in [0.2, 0.25) is 0 Å². The third kappa shape index (κ3) is 5.97. The van der Waals surface area contributed by atoms with Crippen molar-refractivity contribution in [1.82, 2.24) is 19.9 Å². The Kier molecular flexibility index (Phi) is 8.01. The van der Waals surface area contributed by atoms with Crippen LogP contribution in [-0.2, 0) is 0 Å². The molecule has 1 N–H and O–H groups in total. The van der Waals surface area contributed by atoms with E-state index in [-0.39, 0.29) is 28.2 Å². The Labute approximate surface area is 303 Å². The van der Waals surface area contributed by atoms with Gasteiger partial charge in [-0.05, 0) is 69.9 Å². The molecule has 8 rings (SSSR count). The summed E-state index contributed by atoms with van der Waals surface area (Å²) in [5.74, 6) is 3.38. The van der Waals surface area contributed by atoms with E-state index in [2.05, 4.69) is 155 Å². The van der Waals surface area contributed by atoms with Gasteiger partial charge in [0.15, 0.2) is 17.5 Å². The molecule has 0 saturated heterocycles. The van der Waals surface area contributed by atoms with E-state index in [9.17, 15) is 0 Å². The molecular weight excluding hydrogens is 623 g/mol. The lowest BCUT2D eigenvalue weighted by Crippen LogP contribution is -2.34. The molecule has 4 aliphatic rings. The molecule has 0 fully saturated rings. The lowest BCUT2D eigenvalue weighted by molar-refractivity contribution is 0.163. The van der Waals surface area contributed by atoms with Crippen LogP contribution in [0.15, 0.2) is 132 Å². The van der Waals surface area contributed by atoms with Gasteiger partial charge >= 0.3 is 0 Å². The molecular formula is C46H49N5. The van der Waals surface area contributed by atoms with Crippen LogP contribution in [0.1, 0.15) is 73.6 Å². The standard InChI is InChI=1S/C46H49N5/c1-44(2,3)33-23-24-38-34(27-33)36-29-46(7,45(4,5)6)26-25-39(36)51(38)43-35(28-37(47-43)30-17-11-8-12-18-30)42-49-40(31-19-13-9-14-20-31)48-41(50-42)32-21-15-10-16-22-32/h8-15,17-21,23-28,34,38,47H,16,22,29H2,1-7H3. The first kappa shape index (κ1) is 33.1. The number of H-pyrrole nitrogens is 1. The fourth-order valence-corrected chi connectivity index (χ4v) is 7.83. The monoisotopic (exact) mass is 671 g/mol. The summed E-state index contributed by atoms with van der Waals surface area (Å²) in [5.41, 5.74) is 9.65. The Hall–Kier alpha value is -5.03. The summed E-state index contributed by atoms with van der Waals surface area (Å²) < 4.78 is 0. The van der Waals surface area contributed by atoms with Crippen molar-refractivity contribution in [3.63, 3.8) is 0 Å². The van der Waals surface area contributed by atoms with Crippen LogP contribution in [0.5, 0.6) is 0 Å². The lowest BCUT2D eigenvalue weighted by atomic mass is 9.61. The van der Waals surface area contributed by atoms with Crippen LogP contribution in [0, 0.1) is 22.2 Å². The van der Waals surface area contributed by atoms with E-state index in [4.69, 9.17) is 15.0 Å². The molecule has 0 radical (unpaired) electrons. The summed E-state index contributed by atoms with van der Waals surface area (Å²) in [6.45, 7) is 16.5. The van der Waals surface area contributed by atoms with Gasteiger partial charge in [-0.15, -0.1) is 0 Å². The van der Waals surface area contributed by atoms with Gasteiger partial charge in [-0.3, -0.25) is 0 Å². The highest BCUT2D eigenvalue weighted by molar-refractivity contribution is 5.84. The predicted molar refractivity (Wildman–Crippen MR) is 212 cm³/mol. The number of benzene rings is 2. The number of fused-ring (bicyclic) bond motifs is 2. The van der Waals surface area contributed by atoms with Crippen molar-refractivity contribution in [2.45, 2.75) is 73.8 Å². The minimum Gasteiger partial charge on any atom is -0.340 e. The maximum absolute atomic E-state index is 5.26. The van der Waals surface area contributed by atoms with Gasteiger partial charge in [-0.25, -0.2) is 15.0 Å². The highest BCUT2D eigenvalue weighted by Gasteiger charge is 2.48. The third-order valence-corrected chi connectivity index (χ3v) is 11.6. The molecule has 3 unspecified atom stereocenters. The molecule has 5 heteroatoms. The van der Waals surface area contributed by atoms with Crippen molar-refractivity contribution in [2.24, 2.45) is 22.2 Å². The molecule has 0 bridgehead atoms. The molecule has 258 valence electrons. The molecule has 0 spiro atoms. The van der Waals surface area contributed by atoms with Crippen molar-refractivity contribution < 1.29 is 0 Å². The summed E-state index contributed by atoms with van der Waals surface area (Å²) in [5, 5.41) is 0. The van der Waals surface area contributed by atoms with Gasteiger partial charge in [0, 0.05) is 22.9 Å². The maximum atomic E-state index is 5.26. The number of hydrogen-bond donors (Lipinski definition) is 1. The molecule has 0 saturated carbocycles. The number of allylic oxidation sites excluding steroid dienone is 8. The second-order valence-electron chi connectivity index (χ2n) is 16.8. The predicted octanol–water partition coefficient (Wildman–Crippen LogP) is 11.5. The Bertz CT molecular complexity index is 2160. The number of aromatic nitrogens is 4. The van der Waals surface area contributed by atoms with Crippen LogP contribution in [0.25, 0.3) is 39.6 Å². The van der Waals surface area contributed by atoms with Gasteiger partial charge < -0.3 is 9.88 Å². The van der Waals surface area contributed by atoms with Crippen molar-refractivity contribution in [3.05, 3.63) is 138 Å². The molecule has 3 aliphatic carbocycles. The number of hydrogen-bond acceptors (Lipinski definition) is 4. The van der Waals surface area contributed by atoms with Gasteiger partial charge in [0.05, 0.1) is 11.6 Å². The van der Waals surface area contributed by atoms with Gasteiger partial charge in [-0.2, -0.15) is 0 Å². The summed E-state index contributed by atoms with van der Waals surface area (Å²) >= 11 is 0. The highest BCUT2D eigenvalue weighted by atomic mass is 15.3. The zero-order valence-corrected chi connectivity index (χ0v) is 31.0. The minimum atomic E-state index is 0.0346. The Balaban J connectivity index is 1.35. The number of nitrogens with zero attached hydrogens (tertiary/aromatic N) is 4. The quantitative estimate of drug-likeness (QED) is 0.229. The first-order valence-corrected chi connectivity index (χ1v) is 18.5. The summed E-state index contributed by atoms with van der Waals surface area (Å²) in [6.07, 6.45) is 21.6. The van der Waals surface area contributed by atoms with Crippen molar-refractivity contribution in [2.75, 3.05) is 4.90 Å². The number of rotatable bonds is 5. The normalized spacial score (nSPS) is 22.9. The highest BCUT2D eigenvalue weighted by Crippen LogP contribution is 2.55. The molecule has 3 atom stereocenters. The van der Waals surface area contributed by atoms with E-state index >= 15 is 0 Å². The first-order valence-electron chi connectivity index (χ1n) is 18.5. The van der Waals surface area contributed by atoms with Crippen molar-refractivity contribution in [1.29, 1.82) is 0 Å². The number of nitrogens with one attached hydrogen (secondary N) is 1. The lowest BCUT2D eigenvalue weighted by Gasteiger charge is -2.43. The largest absolute Gasteiger partial charge is 0.340 e. The van der Waals surface area contributed by atoms with Gasteiger partial charge in [0.2, 0.25) is 0 Å². The fraction of sp³-hybridized carbons (Fsp3) is 0.326. The summed E-state index contributed by atoms with van der Waals surface area (Å²) in [7, 11) is 0. The smallest absolute Gasteiger partial charge is 0.167 e. The molecule has 3 heterocycles. The van der Waals surface area contributed by atoms with E-state index in [1.54, 1.807) is 0 Å². The van der Waals surface area contributed by atoms with E-state index in [1.807, 2.05) is 18.2 Å². The van der Waals surface area contributed by atoms with Crippen LogP contribution < -0.4 is 4.90 Å². The van der Waals surface area contributed by atoms with Gasteiger partial charge in [-0.1, -0.05) is 152 Å². The van der Waals surface area contributed by atoms with E-state index in [1.165, 1.54) is 16.8 Å². The van der Waals surface area contributed by atoms with Crippen molar-refractivity contribution >= 4 is 11.4 Å². The third-order valence-electron chi connectivity index (χ3n) is 11.6. The Morgan fingerprint density at radius 1 is 0.824 bits per heavy atom. The van der Waals surface area contributed by atoms with Crippen LogP contribution >= 0.6 is 0 Å². The van der Waals surface area contributed by atoms with Crippen molar-refractivity contribution in [3.8, 4) is 34.0 Å². The molecule has 0 amide bonds. The number of aromatic amines is 1. The Morgan fingerprint density at radius 3 is 2.18 bits per heavy atom. The summed E-state index contributed by atoms with van der Waals surface area (Å²) in [4.78, 5) is 22.0. The maximum Gasteiger partial charge on any atom is 0.167 e. The molecule has 4 aromatic rings. The minimum absolute atomic E-state index is 0.0346. The average molecular weight is 672 g/mol.